The molecule has 0 amide bonds. The molecule has 2 atom stereocenters. The summed E-state index contributed by atoms with van der Waals surface area (Å²) in [5.74, 6) is -1.20. The van der Waals surface area contributed by atoms with Crippen LogP contribution in [0.3, 0.4) is 0 Å². The van der Waals surface area contributed by atoms with Gasteiger partial charge in [-0.3, -0.25) is 4.79 Å². The SMILES string of the molecule is O=C(Cc1cc(F)cc(F)c1)C1CC2CCC(C1)O2. The van der Waals surface area contributed by atoms with Crippen molar-refractivity contribution in [3.63, 3.8) is 0 Å². The van der Waals surface area contributed by atoms with E-state index in [9.17, 15) is 13.6 Å². The molecule has 19 heavy (non-hydrogen) atoms. The highest BCUT2D eigenvalue weighted by Gasteiger charge is 2.37. The number of carbonyl (C=O) groups excluding carboxylic acids is 1. The van der Waals surface area contributed by atoms with Gasteiger partial charge < -0.3 is 4.74 Å². The largest absolute Gasteiger partial charge is 0.375 e. The highest BCUT2D eigenvalue weighted by atomic mass is 19.1. The van der Waals surface area contributed by atoms with Crippen LogP contribution in [-0.4, -0.2) is 18.0 Å². The summed E-state index contributed by atoms with van der Waals surface area (Å²) in [6.07, 6.45) is 4.10. The number of hydrogen-bond acceptors (Lipinski definition) is 2. The molecule has 0 spiro atoms. The third-order valence-corrected chi connectivity index (χ3v) is 4.05. The summed E-state index contributed by atoms with van der Waals surface area (Å²) in [5, 5.41) is 0. The van der Waals surface area contributed by atoms with E-state index < -0.39 is 11.6 Å². The Balaban J connectivity index is 1.67. The monoisotopic (exact) mass is 266 g/mol. The lowest BCUT2D eigenvalue weighted by Crippen LogP contribution is -2.30. The molecule has 0 saturated carbocycles. The quantitative estimate of drug-likeness (QED) is 0.840. The summed E-state index contributed by atoms with van der Waals surface area (Å²) in [4.78, 5) is 12.2. The van der Waals surface area contributed by atoms with Crippen LogP contribution in [0.25, 0.3) is 0 Å². The molecule has 2 fully saturated rings. The summed E-state index contributed by atoms with van der Waals surface area (Å²) in [6.45, 7) is 0. The van der Waals surface area contributed by atoms with Gasteiger partial charge in [0.25, 0.3) is 0 Å². The lowest BCUT2D eigenvalue weighted by molar-refractivity contribution is -0.127. The van der Waals surface area contributed by atoms with E-state index in [2.05, 4.69) is 0 Å². The Kier molecular flexibility index (Phi) is 3.35. The second kappa shape index (κ2) is 5.00. The fourth-order valence-corrected chi connectivity index (χ4v) is 3.18. The molecule has 1 aromatic carbocycles. The predicted octanol–water partition coefficient (Wildman–Crippen LogP) is 3.03. The Bertz CT molecular complexity index is 469. The van der Waals surface area contributed by atoms with Crippen LogP contribution in [0.15, 0.2) is 18.2 Å². The molecule has 0 aliphatic carbocycles. The second-order valence-corrected chi connectivity index (χ2v) is 5.55. The highest BCUT2D eigenvalue weighted by molar-refractivity contribution is 5.83. The number of fused-ring (bicyclic) bond motifs is 2. The minimum atomic E-state index is -0.630. The zero-order chi connectivity index (χ0) is 13.4. The van der Waals surface area contributed by atoms with E-state index in [4.69, 9.17) is 4.74 Å². The Hall–Kier alpha value is -1.29. The molecule has 3 rings (SSSR count). The van der Waals surface area contributed by atoms with E-state index in [0.717, 1.165) is 31.7 Å². The summed E-state index contributed by atoms with van der Waals surface area (Å²) < 4.78 is 31.9. The second-order valence-electron chi connectivity index (χ2n) is 5.55. The fraction of sp³-hybridized carbons (Fsp3) is 0.533. The lowest BCUT2D eigenvalue weighted by atomic mass is 9.88. The zero-order valence-corrected chi connectivity index (χ0v) is 10.6. The van der Waals surface area contributed by atoms with Crippen molar-refractivity contribution in [1.29, 1.82) is 0 Å². The third-order valence-electron chi connectivity index (χ3n) is 4.05. The Labute approximate surface area is 110 Å². The maximum Gasteiger partial charge on any atom is 0.140 e. The van der Waals surface area contributed by atoms with Gasteiger partial charge in [0, 0.05) is 18.4 Å². The van der Waals surface area contributed by atoms with Gasteiger partial charge in [0.2, 0.25) is 0 Å². The molecule has 2 nitrogen and oxygen atoms in total. The van der Waals surface area contributed by atoms with Crippen molar-refractivity contribution >= 4 is 5.78 Å². The Morgan fingerprint density at radius 1 is 1.11 bits per heavy atom. The van der Waals surface area contributed by atoms with Crippen molar-refractivity contribution in [3.05, 3.63) is 35.4 Å². The zero-order valence-electron chi connectivity index (χ0n) is 10.6. The maximum atomic E-state index is 13.1. The number of benzene rings is 1. The van der Waals surface area contributed by atoms with Crippen LogP contribution >= 0.6 is 0 Å². The van der Waals surface area contributed by atoms with Crippen LogP contribution in [0, 0.1) is 17.6 Å². The molecule has 0 aromatic heterocycles. The van der Waals surface area contributed by atoms with Gasteiger partial charge in [-0.15, -0.1) is 0 Å². The fourth-order valence-electron chi connectivity index (χ4n) is 3.18. The van der Waals surface area contributed by atoms with Gasteiger partial charge in [0.15, 0.2) is 0 Å². The molecule has 0 radical (unpaired) electrons. The van der Waals surface area contributed by atoms with Crippen LogP contribution in [0.1, 0.15) is 31.2 Å². The van der Waals surface area contributed by atoms with Crippen molar-refractivity contribution in [2.75, 3.05) is 0 Å². The normalized spacial score (nSPS) is 29.5. The minimum absolute atomic E-state index is 0.0161. The van der Waals surface area contributed by atoms with Gasteiger partial charge in [0.05, 0.1) is 12.2 Å². The van der Waals surface area contributed by atoms with Gasteiger partial charge in [-0.1, -0.05) is 0 Å². The first-order valence-electron chi connectivity index (χ1n) is 6.73. The van der Waals surface area contributed by atoms with E-state index in [0.29, 0.717) is 5.56 Å². The molecule has 2 saturated heterocycles. The lowest BCUT2D eigenvalue weighted by Gasteiger charge is -2.27. The Morgan fingerprint density at radius 2 is 1.68 bits per heavy atom. The molecule has 4 heteroatoms. The van der Waals surface area contributed by atoms with Crippen LogP contribution in [0.4, 0.5) is 8.78 Å². The molecule has 2 heterocycles. The van der Waals surface area contributed by atoms with Crippen molar-refractivity contribution in [1.82, 2.24) is 0 Å². The molecule has 2 aliphatic rings. The van der Waals surface area contributed by atoms with Gasteiger partial charge in [0.1, 0.15) is 17.4 Å². The number of hydrogen-bond donors (Lipinski definition) is 0. The van der Waals surface area contributed by atoms with Crippen LogP contribution < -0.4 is 0 Å². The van der Waals surface area contributed by atoms with Crippen LogP contribution in [-0.2, 0) is 16.0 Å². The summed E-state index contributed by atoms with van der Waals surface area (Å²) in [6, 6.07) is 3.28. The summed E-state index contributed by atoms with van der Waals surface area (Å²) >= 11 is 0. The molecule has 2 unspecified atom stereocenters. The summed E-state index contributed by atoms with van der Waals surface area (Å²) in [7, 11) is 0. The number of ketones is 1. The first-order chi connectivity index (χ1) is 9.10. The van der Waals surface area contributed by atoms with Crippen molar-refractivity contribution in [2.24, 2.45) is 5.92 Å². The molecule has 102 valence electrons. The molecular formula is C15H16F2O2. The minimum Gasteiger partial charge on any atom is -0.375 e. The Morgan fingerprint density at radius 3 is 2.26 bits per heavy atom. The smallest absolute Gasteiger partial charge is 0.140 e. The van der Waals surface area contributed by atoms with Crippen LogP contribution in [0.5, 0.6) is 0 Å². The van der Waals surface area contributed by atoms with E-state index in [1.165, 1.54) is 12.1 Å². The number of ether oxygens (including phenoxy) is 1. The first kappa shape index (κ1) is 12.7. The van der Waals surface area contributed by atoms with E-state index in [-0.39, 0.29) is 30.3 Å². The topological polar surface area (TPSA) is 26.3 Å². The maximum absolute atomic E-state index is 13.1. The van der Waals surface area contributed by atoms with Gasteiger partial charge in [-0.25, -0.2) is 8.78 Å². The standard InChI is InChI=1S/C15H16F2O2/c16-11-3-9(4-12(17)8-11)5-15(18)10-6-13-1-2-14(7-10)19-13/h3-4,8,10,13-14H,1-2,5-7H2. The van der Waals surface area contributed by atoms with Gasteiger partial charge >= 0.3 is 0 Å². The van der Waals surface area contributed by atoms with Crippen molar-refractivity contribution in [3.8, 4) is 0 Å². The number of halogens is 2. The van der Waals surface area contributed by atoms with Gasteiger partial charge in [-0.05, 0) is 43.4 Å². The molecule has 1 aromatic rings. The molecular weight excluding hydrogens is 250 g/mol. The molecule has 2 aliphatic heterocycles. The number of Topliss-reactive ketones (excluding diaryl/α,β-unsaturated/α-hetero) is 1. The third kappa shape index (κ3) is 2.84. The average Bonchev–Trinajstić information content (AvgIpc) is 2.66. The van der Waals surface area contributed by atoms with Crippen LogP contribution in [0.2, 0.25) is 0 Å². The highest BCUT2D eigenvalue weighted by Crippen LogP contribution is 2.36. The number of rotatable bonds is 3. The van der Waals surface area contributed by atoms with E-state index in [1.807, 2.05) is 0 Å². The number of carbonyl (C=O) groups is 1. The summed E-state index contributed by atoms with van der Waals surface area (Å²) in [5.41, 5.74) is 0.418. The van der Waals surface area contributed by atoms with Crippen molar-refractivity contribution in [2.45, 2.75) is 44.3 Å². The van der Waals surface area contributed by atoms with E-state index >= 15 is 0 Å². The van der Waals surface area contributed by atoms with E-state index in [1.54, 1.807) is 0 Å². The molecule has 0 N–H and O–H groups in total. The molecule has 2 bridgehead atoms. The first-order valence-corrected chi connectivity index (χ1v) is 6.73. The van der Waals surface area contributed by atoms with Crippen molar-refractivity contribution < 1.29 is 18.3 Å². The van der Waals surface area contributed by atoms with Gasteiger partial charge in [-0.2, -0.15) is 0 Å². The predicted molar refractivity (Wildman–Crippen MR) is 65.7 cm³/mol. The average molecular weight is 266 g/mol.